The molecule has 0 aromatic heterocycles. The van der Waals surface area contributed by atoms with E-state index in [1.807, 2.05) is 24.3 Å². The minimum atomic E-state index is 0.172. The van der Waals surface area contributed by atoms with Crippen LogP contribution in [0.4, 0.5) is 0 Å². The Hall–Kier alpha value is -0.960. The highest BCUT2D eigenvalue weighted by Crippen LogP contribution is 2.44. The zero-order valence-electron chi connectivity index (χ0n) is 10.4. The molecule has 0 atom stereocenters. The van der Waals surface area contributed by atoms with Gasteiger partial charge in [-0.15, -0.1) is 12.6 Å². The second kappa shape index (κ2) is 4.96. The van der Waals surface area contributed by atoms with Crippen molar-refractivity contribution >= 4 is 18.5 Å². The molecule has 0 aliphatic heterocycles. The molecule has 0 saturated heterocycles. The monoisotopic (exact) mass is 261 g/mol. The number of thiol groups is 1. The van der Waals surface area contributed by atoms with Crippen molar-refractivity contribution in [3.05, 3.63) is 29.8 Å². The Bertz CT molecular complexity index is 422. The van der Waals surface area contributed by atoms with Crippen molar-refractivity contribution in [2.75, 3.05) is 0 Å². The third-order valence-corrected chi connectivity index (χ3v) is 4.19. The summed E-state index contributed by atoms with van der Waals surface area (Å²) in [5, 5.41) is 3.25. The van der Waals surface area contributed by atoms with Gasteiger partial charge in [-0.1, -0.05) is 12.1 Å². The van der Waals surface area contributed by atoms with E-state index in [1.54, 1.807) is 0 Å². The molecule has 1 aromatic carbocycles. The molecule has 1 N–H and O–H groups in total. The van der Waals surface area contributed by atoms with Crippen LogP contribution in [0.1, 0.15) is 31.2 Å². The molecular formula is C15H19NOS. The largest absolute Gasteiger partial charge is 0.353 e. The fourth-order valence-electron chi connectivity index (χ4n) is 2.57. The summed E-state index contributed by atoms with van der Waals surface area (Å²) in [6.45, 7) is 0. The standard InChI is InChI=1S/C15H19NOS/c17-14(9-10-1-7-13(18)8-2-10)16-15(11-3-4-11)12-5-6-12/h1-2,7-8,11-12,15,18H,3-6,9H2,(H,16,17). The minimum Gasteiger partial charge on any atom is -0.353 e. The first-order chi connectivity index (χ1) is 8.72. The Morgan fingerprint density at radius 1 is 1.17 bits per heavy atom. The summed E-state index contributed by atoms with van der Waals surface area (Å²) in [7, 11) is 0. The van der Waals surface area contributed by atoms with Gasteiger partial charge in [0.25, 0.3) is 0 Å². The average Bonchev–Trinajstić information content (AvgIpc) is 3.22. The third kappa shape index (κ3) is 3.08. The first kappa shape index (κ1) is 12.1. The lowest BCUT2D eigenvalue weighted by atomic mass is 10.1. The first-order valence-electron chi connectivity index (χ1n) is 6.79. The molecule has 2 aliphatic carbocycles. The quantitative estimate of drug-likeness (QED) is 0.784. The summed E-state index contributed by atoms with van der Waals surface area (Å²) in [4.78, 5) is 13.0. The number of benzene rings is 1. The maximum absolute atomic E-state index is 12.0. The second-order valence-electron chi connectivity index (χ2n) is 5.61. The molecule has 0 spiro atoms. The Morgan fingerprint density at radius 3 is 2.22 bits per heavy atom. The van der Waals surface area contributed by atoms with Gasteiger partial charge in [0, 0.05) is 10.9 Å². The lowest BCUT2D eigenvalue weighted by molar-refractivity contribution is -0.121. The van der Waals surface area contributed by atoms with E-state index in [4.69, 9.17) is 0 Å². The number of amides is 1. The average molecular weight is 261 g/mol. The summed E-state index contributed by atoms with van der Waals surface area (Å²) in [6, 6.07) is 8.29. The van der Waals surface area contributed by atoms with Crippen LogP contribution in [-0.4, -0.2) is 11.9 Å². The molecule has 96 valence electrons. The van der Waals surface area contributed by atoms with E-state index < -0.39 is 0 Å². The maximum atomic E-state index is 12.0. The van der Waals surface area contributed by atoms with Crippen LogP contribution in [-0.2, 0) is 11.2 Å². The van der Waals surface area contributed by atoms with E-state index in [0.29, 0.717) is 12.5 Å². The highest BCUT2D eigenvalue weighted by molar-refractivity contribution is 7.80. The smallest absolute Gasteiger partial charge is 0.224 e. The molecule has 0 unspecified atom stereocenters. The van der Waals surface area contributed by atoms with Crippen molar-refractivity contribution in [2.45, 2.75) is 43.0 Å². The van der Waals surface area contributed by atoms with E-state index in [-0.39, 0.29) is 5.91 Å². The van der Waals surface area contributed by atoms with Crippen LogP contribution in [0.25, 0.3) is 0 Å². The number of hydrogen-bond donors (Lipinski definition) is 2. The lowest BCUT2D eigenvalue weighted by Gasteiger charge is -2.17. The SMILES string of the molecule is O=C(Cc1ccc(S)cc1)NC(C1CC1)C1CC1. The molecule has 0 heterocycles. The van der Waals surface area contributed by atoms with Gasteiger partial charge >= 0.3 is 0 Å². The van der Waals surface area contributed by atoms with E-state index in [0.717, 1.165) is 22.3 Å². The number of carbonyl (C=O) groups excluding carboxylic acids is 1. The molecule has 3 heteroatoms. The van der Waals surface area contributed by atoms with Crippen molar-refractivity contribution in [2.24, 2.45) is 11.8 Å². The molecule has 3 rings (SSSR count). The molecule has 18 heavy (non-hydrogen) atoms. The fraction of sp³-hybridized carbons (Fsp3) is 0.533. The first-order valence-corrected chi connectivity index (χ1v) is 7.24. The summed E-state index contributed by atoms with van der Waals surface area (Å²) < 4.78 is 0. The van der Waals surface area contributed by atoms with Gasteiger partial charge in [0.1, 0.15) is 0 Å². The minimum absolute atomic E-state index is 0.172. The predicted octanol–water partition coefficient (Wildman–Crippen LogP) is 2.82. The van der Waals surface area contributed by atoms with Gasteiger partial charge < -0.3 is 5.32 Å². The van der Waals surface area contributed by atoms with Crippen LogP contribution in [0.5, 0.6) is 0 Å². The topological polar surface area (TPSA) is 29.1 Å². The Labute approximate surface area is 114 Å². The highest BCUT2D eigenvalue weighted by atomic mass is 32.1. The van der Waals surface area contributed by atoms with Gasteiger partial charge in [-0.3, -0.25) is 4.79 Å². The highest BCUT2D eigenvalue weighted by Gasteiger charge is 2.42. The molecule has 1 amide bonds. The number of hydrogen-bond acceptors (Lipinski definition) is 2. The van der Waals surface area contributed by atoms with Crippen LogP contribution >= 0.6 is 12.6 Å². The molecule has 1 aromatic rings. The third-order valence-electron chi connectivity index (χ3n) is 3.89. The van der Waals surface area contributed by atoms with Crippen LogP contribution in [0.15, 0.2) is 29.2 Å². The van der Waals surface area contributed by atoms with Gasteiger partial charge in [0.05, 0.1) is 6.42 Å². The van der Waals surface area contributed by atoms with Crippen LogP contribution in [0, 0.1) is 11.8 Å². The van der Waals surface area contributed by atoms with E-state index >= 15 is 0 Å². The molecule has 0 radical (unpaired) electrons. The van der Waals surface area contributed by atoms with Crippen molar-refractivity contribution in [3.8, 4) is 0 Å². The molecule has 0 bridgehead atoms. The van der Waals surface area contributed by atoms with Crippen molar-refractivity contribution < 1.29 is 4.79 Å². The van der Waals surface area contributed by atoms with Crippen molar-refractivity contribution in [1.82, 2.24) is 5.32 Å². The van der Waals surface area contributed by atoms with Crippen molar-refractivity contribution in [1.29, 1.82) is 0 Å². The summed E-state index contributed by atoms with van der Waals surface area (Å²) >= 11 is 4.25. The lowest BCUT2D eigenvalue weighted by Crippen LogP contribution is -2.38. The molecule has 2 nitrogen and oxygen atoms in total. The van der Waals surface area contributed by atoms with Crippen LogP contribution < -0.4 is 5.32 Å². The number of carbonyl (C=O) groups is 1. The van der Waals surface area contributed by atoms with Gasteiger partial charge in [0.2, 0.25) is 5.91 Å². The maximum Gasteiger partial charge on any atom is 0.224 e. The van der Waals surface area contributed by atoms with Crippen LogP contribution in [0.2, 0.25) is 0 Å². The van der Waals surface area contributed by atoms with Gasteiger partial charge in [-0.25, -0.2) is 0 Å². The summed E-state index contributed by atoms with van der Waals surface area (Å²) in [6.07, 6.45) is 5.70. The van der Waals surface area contributed by atoms with E-state index in [1.165, 1.54) is 25.7 Å². The van der Waals surface area contributed by atoms with E-state index in [9.17, 15) is 4.79 Å². The van der Waals surface area contributed by atoms with Gasteiger partial charge in [-0.2, -0.15) is 0 Å². The molecule has 2 aliphatic rings. The van der Waals surface area contributed by atoms with Gasteiger partial charge in [-0.05, 0) is 55.2 Å². The predicted molar refractivity (Wildman–Crippen MR) is 74.8 cm³/mol. The molecular weight excluding hydrogens is 242 g/mol. The van der Waals surface area contributed by atoms with Crippen LogP contribution in [0.3, 0.4) is 0 Å². The Balaban J connectivity index is 1.55. The number of rotatable bonds is 5. The zero-order valence-corrected chi connectivity index (χ0v) is 11.3. The summed E-state index contributed by atoms with van der Waals surface area (Å²) in [5.41, 5.74) is 1.07. The molecule has 2 saturated carbocycles. The second-order valence-corrected chi connectivity index (χ2v) is 6.13. The molecule has 2 fully saturated rings. The van der Waals surface area contributed by atoms with Crippen molar-refractivity contribution in [3.63, 3.8) is 0 Å². The Morgan fingerprint density at radius 2 is 1.72 bits per heavy atom. The van der Waals surface area contributed by atoms with Gasteiger partial charge in [0.15, 0.2) is 0 Å². The summed E-state index contributed by atoms with van der Waals surface area (Å²) in [5.74, 6) is 1.70. The fourth-order valence-corrected chi connectivity index (χ4v) is 2.72. The normalized spacial score (nSPS) is 19.0. The number of nitrogens with one attached hydrogen (secondary N) is 1. The zero-order chi connectivity index (χ0) is 12.5. The Kier molecular flexibility index (Phi) is 3.33. The van der Waals surface area contributed by atoms with E-state index in [2.05, 4.69) is 17.9 Å².